The normalized spacial score (nSPS) is 11.3. The highest BCUT2D eigenvalue weighted by Gasteiger charge is 2.21. The molecular formula is C17H19N3O4S. The number of rotatable bonds is 7. The third kappa shape index (κ3) is 5.40. The van der Waals surface area contributed by atoms with Gasteiger partial charge in [0.05, 0.1) is 24.1 Å². The number of nitrogens with zero attached hydrogens (tertiary/aromatic N) is 1. The zero-order chi connectivity index (χ0) is 18.4. The first kappa shape index (κ1) is 18.6. The molecule has 2 aromatic rings. The third-order valence-electron chi connectivity index (χ3n) is 3.46. The SMILES string of the molecule is CS(=O)(=O)N(CC(=O)Nc1ccccc1C(N)=O)Cc1ccccc1. The highest BCUT2D eigenvalue weighted by Crippen LogP contribution is 2.15. The van der Waals surface area contributed by atoms with Gasteiger partial charge in [-0.05, 0) is 17.7 Å². The number of hydrogen-bond acceptors (Lipinski definition) is 4. The van der Waals surface area contributed by atoms with E-state index < -0.39 is 21.8 Å². The number of anilines is 1. The third-order valence-corrected chi connectivity index (χ3v) is 4.65. The number of para-hydroxylation sites is 1. The second-order valence-electron chi connectivity index (χ2n) is 5.47. The van der Waals surface area contributed by atoms with E-state index in [1.54, 1.807) is 36.4 Å². The largest absolute Gasteiger partial charge is 0.366 e. The number of carbonyl (C=O) groups excluding carboxylic acids is 2. The van der Waals surface area contributed by atoms with E-state index in [2.05, 4.69) is 5.32 Å². The fourth-order valence-electron chi connectivity index (χ4n) is 2.23. The number of amides is 2. The quantitative estimate of drug-likeness (QED) is 0.772. The van der Waals surface area contributed by atoms with E-state index in [9.17, 15) is 18.0 Å². The molecule has 0 heterocycles. The summed E-state index contributed by atoms with van der Waals surface area (Å²) in [5.41, 5.74) is 6.43. The molecule has 0 saturated carbocycles. The molecule has 2 aromatic carbocycles. The second-order valence-corrected chi connectivity index (χ2v) is 7.46. The molecule has 0 aromatic heterocycles. The van der Waals surface area contributed by atoms with Crippen LogP contribution in [0.25, 0.3) is 0 Å². The van der Waals surface area contributed by atoms with E-state index in [1.807, 2.05) is 6.07 Å². The number of nitrogens with two attached hydrogens (primary N) is 1. The molecule has 0 radical (unpaired) electrons. The van der Waals surface area contributed by atoms with Crippen molar-refractivity contribution >= 4 is 27.5 Å². The summed E-state index contributed by atoms with van der Waals surface area (Å²) in [5.74, 6) is -1.24. The molecule has 7 nitrogen and oxygen atoms in total. The van der Waals surface area contributed by atoms with Crippen molar-refractivity contribution in [2.75, 3.05) is 18.1 Å². The zero-order valence-corrected chi connectivity index (χ0v) is 14.5. The predicted octanol–water partition coefficient (Wildman–Crippen LogP) is 1.19. The van der Waals surface area contributed by atoms with Crippen LogP contribution in [0.3, 0.4) is 0 Å². The van der Waals surface area contributed by atoms with Crippen LogP contribution in [0.15, 0.2) is 54.6 Å². The van der Waals surface area contributed by atoms with Gasteiger partial charge in [-0.25, -0.2) is 8.42 Å². The number of benzene rings is 2. The lowest BCUT2D eigenvalue weighted by molar-refractivity contribution is -0.116. The molecule has 0 spiro atoms. The number of hydrogen-bond donors (Lipinski definition) is 2. The average molecular weight is 361 g/mol. The van der Waals surface area contributed by atoms with Gasteiger partial charge in [0, 0.05) is 6.54 Å². The molecule has 0 aliphatic rings. The Kier molecular flexibility index (Phi) is 5.89. The van der Waals surface area contributed by atoms with Crippen molar-refractivity contribution < 1.29 is 18.0 Å². The second kappa shape index (κ2) is 7.91. The topological polar surface area (TPSA) is 110 Å². The number of primary amides is 1. The fourth-order valence-corrected chi connectivity index (χ4v) is 2.97. The summed E-state index contributed by atoms with van der Waals surface area (Å²) in [6, 6.07) is 15.2. The van der Waals surface area contributed by atoms with Crippen molar-refractivity contribution in [3.05, 3.63) is 65.7 Å². The lowest BCUT2D eigenvalue weighted by Crippen LogP contribution is -2.37. The van der Waals surface area contributed by atoms with Crippen molar-refractivity contribution in [2.45, 2.75) is 6.54 Å². The maximum Gasteiger partial charge on any atom is 0.250 e. The monoisotopic (exact) mass is 361 g/mol. The van der Waals surface area contributed by atoms with Gasteiger partial charge in [0.1, 0.15) is 0 Å². The molecular weight excluding hydrogens is 342 g/mol. The Labute approximate surface area is 146 Å². The molecule has 25 heavy (non-hydrogen) atoms. The molecule has 0 unspecified atom stereocenters. The lowest BCUT2D eigenvalue weighted by Gasteiger charge is -2.20. The van der Waals surface area contributed by atoms with Crippen LogP contribution >= 0.6 is 0 Å². The van der Waals surface area contributed by atoms with E-state index in [0.29, 0.717) is 0 Å². The summed E-state index contributed by atoms with van der Waals surface area (Å²) in [7, 11) is -3.60. The Hall–Kier alpha value is -2.71. The molecule has 0 fully saturated rings. The van der Waals surface area contributed by atoms with Crippen molar-refractivity contribution in [1.29, 1.82) is 0 Å². The van der Waals surface area contributed by atoms with Crippen LogP contribution in [0.2, 0.25) is 0 Å². The maximum atomic E-state index is 12.3. The highest BCUT2D eigenvalue weighted by molar-refractivity contribution is 7.88. The van der Waals surface area contributed by atoms with Crippen molar-refractivity contribution in [1.82, 2.24) is 4.31 Å². The van der Waals surface area contributed by atoms with Crippen molar-refractivity contribution in [3.8, 4) is 0 Å². The van der Waals surface area contributed by atoms with Gasteiger partial charge < -0.3 is 11.1 Å². The Morgan fingerprint density at radius 2 is 1.64 bits per heavy atom. The van der Waals surface area contributed by atoms with E-state index in [1.165, 1.54) is 12.1 Å². The molecule has 0 bridgehead atoms. The summed E-state index contributed by atoms with van der Waals surface area (Å²) < 4.78 is 25.0. The smallest absolute Gasteiger partial charge is 0.250 e. The molecule has 2 amide bonds. The lowest BCUT2D eigenvalue weighted by atomic mass is 10.1. The molecule has 0 aliphatic carbocycles. The summed E-state index contributed by atoms with van der Waals surface area (Å²) in [5, 5.41) is 2.53. The molecule has 8 heteroatoms. The highest BCUT2D eigenvalue weighted by atomic mass is 32.2. The molecule has 132 valence electrons. The van der Waals surface area contributed by atoms with Crippen LogP contribution in [-0.4, -0.2) is 37.3 Å². The first-order valence-electron chi connectivity index (χ1n) is 7.45. The predicted molar refractivity (Wildman–Crippen MR) is 95.3 cm³/mol. The van der Waals surface area contributed by atoms with Crippen molar-refractivity contribution in [2.24, 2.45) is 5.73 Å². The maximum absolute atomic E-state index is 12.3. The van der Waals surface area contributed by atoms with Gasteiger partial charge in [-0.1, -0.05) is 42.5 Å². The Balaban J connectivity index is 2.14. The minimum Gasteiger partial charge on any atom is -0.366 e. The van der Waals surface area contributed by atoms with Gasteiger partial charge in [-0.2, -0.15) is 4.31 Å². The van der Waals surface area contributed by atoms with Crippen LogP contribution < -0.4 is 11.1 Å². The van der Waals surface area contributed by atoms with Gasteiger partial charge in [-0.15, -0.1) is 0 Å². The van der Waals surface area contributed by atoms with Gasteiger partial charge in [0.25, 0.3) is 5.91 Å². The van der Waals surface area contributed by atoms with E-state index in [-0.39, 0.29) is 24.3 Å². The molecule has 3 N–H and O–H groups in total. The first-order valence-corrected chi connectivity index (χ1v) is 9.30. The van der Waals surface area contributed by atoms with Crippen LogP contribution in [0, 0.1) is 0 Å². The summed E-state index contributed by atoms with van der Waals surface area (Å²) in [4.78, 5) is 23.7. The standard InChI is InChI=1S/C17H19N3O4S/c1-25(23,24)20(11-13-7-3-2-4-8-13)12-16(21)19-15-10-6-5-9-14(15)17(18)22/h2-10H,11-12H2,1H3,(H2,18,22)(H,19,21). The van der Waals surface area contributed by atoms with Crippen LogP contribution in [0.1, 0.15) is 15.9 Å². The zero-order valence-electron chi connectivity index (χ0n) is 13.7. The summed E-state index contributed by atoms with van der Waals surface area (Å²) in [6.07, 6.45) is 1.04. The van der Waals surface area contributed by atoms with Gasteiger partial charge in [0.2, 0.25) is 15.9 Å². The van der Waals surface area contributed by atoms with Crippen molar-refractivity contribution in [3.63, 3.8) is 0 Å². The number of carbonyl (C=O) groups is 2. The minimum absolute atomic E-state index is 0.0740. The Morgan fingerprint density at radius 3 is 2.24 bits per heavy atom. The Morgan fingerprint density at radius 1 is 1.04 bits per heavy atom. The van der Waals surface area contributed by atoms with Gasteiger partial charge >= 0.3 is 0 Å². The fraction of sp³-hybridized carbons (Fsp3) is 0.176. The van der Waals surface area contributed by atoms with Crippen LogP contribution in [0.5, 0.6) is 0 Å². The van der Waals surface area contributed by atoms with Crippen LogP contribution in [0.4, 0.5) is 5.69 Å². The number of sulfonamides is 1. The summed E-state index contributed by atoms with van der Waals surface area (Å²) in [6.45, 7) is -0.300. The van der Waals surface area contributed by atoms with E-state index >= 15 is 0 Å². The van der Waals surface area contributed by atoms with E-state index in [0.717, 1.165) is 16.1 Å². The average Bonchev–Trinajstić information content (AvgIpc) is 2.54. The van der Waals surface area contributed by atoms with Gasteiger partial charge in [-0.3, -0.25) is 9.59 Å². The van der Waals surface area contributed by atoms with Crippen LogP contribution in [-0.2, 0) is 21.4 Å². The Bertz CT molecular complexity index is 866. The first-order chi connectivity index (χ1) is 11.8. The molecule has 2 rings (SSSR count). The molecule has 0 aliphatic heterocycles. The van der Waals surface area contributed by atoms with E-state index in [4.69, 9.17) is 5.73 Å². The molecule has 0 atom stereocenters. The number of nitrogens with one attached hydrogen (secondary N) is 1. The van der Waals surface area contributed by atoms with Gasteiger partial charge in [0.15, 0.2) is 0 Å². The molecule has 0 saturated heterocycles. The minimum atomic E-state index is -3.60. The summed E-state index contributed by atoms with van der Waals surface area (Å²) >= 11 is 0.